The van der Waals surface area contributed by atoms with Crippen LogP contribution < -0.4 is 5.73 Å². The van der Waals surface area contributed by atoms with E-state index in [2.05, 4.69) is 13.8 Å². The Balaban J connectivity index is 2.45. The molecule has 1 saturated carbocycles. The van der Waals surface area contributed by atoms with Gasteiger partial charge in [0.05, 0.1) is 0 Å². The topological polar surface area (TPSA) is 26.0 Å². The van der Waals surface area contributed by atoms with Gasteiger partial charge in [0.15, 0.2) is 0 Å². The molecule has 1 heteroatoms. The molecule has 1 unspecified atom stereocenters. The summed E-state index contributed by atoms with van der Waals surface area (Å²) >= 11 is 0. The molecule has 2 N–H and O–H groups in total. The standard InChI is InChI=1S/C9H19N/c1-8-4-3-5-9(2,6-8)7-10/h8H,3-7,10H2,1-2H3/t8?,9-/m1/s1. The van der Waals surface area contributed by atoms with Gasteiger partial charge in [-0.05, 0) is 30.7 Å². The van der Waals surface area contributed by atoms with Crippen LogP contribution in [0.4, 0.5) is 0 Å². The van der Waals surface area contributed by atoms with Crippen molar-refractivity contribution in [2.75, 3.05) is 6.54 Å². The van der Waals surface area contributed by atoms with Gasteiger partial charge >= 0.3 is 0 Å². The lowest BCUT2D eigenvalue weighted by Crippen LogP contribution is -2.32. The first-order valence-corrected chi connectivity index (χ1v) is 4.36. The first kappa shape index (κ1) is 8.06. The number of hydrogen-bond acceptors (Lipinski definition) is 1. The van der Waals surface area contributed by atoms with Gasteiger partial charge in [0.1, 0.15) is 0 Å². The van der Waals surface area contributed by atoms with Gasteiger partial charge in [0.25, 0.3) is 0 Å². The summed E-state index contributed by atoms with van der Waals surface area (Å²) in [5, 5.41) is 0. The molecular weight excluding hydrogens is 122 g/mol. The van der Waals surface area contributed by atoms with Gasteiger partial charge in [-0.25, -0.2) is 0 Å². The van der Waals surface area contributed by atoms with Crippen LogP contribution in [0.1, 0.15) is 39.5 Å². The molecule has 0 aromatic carbocycles. The summed E-state index contributed by atoms with van der Waals surface area (Å²) in [6.45, 7) is 5.53. The average Bonchev–Trinajstić information content (AvgIpc) is 1.88. The molecule has 2 atom stereocenters. The van der Waals surface area contributed by atoms with E-state index < -0.39 is 0 Å². The summed E-state index contributed by atoms with van der Waals surface area (Å²) in [4.78, 5) is 0. The van der Waals surface area contributed by atoms with Crippen LogP contribution in [-0.4, -0.2) is 6.54 Å². The fourth-order valence-electron chi connectivity index (χ4n) is 2.11. The summed E-state index contributed by atoms with van der Waals surface area (Å²) in [7, 11) is 0. The molecule has 0 radical (unpaired) electrons. The van der Waals surface area contributed by atoms with E-state index in [0.29, 0.717) is 5.41 Å². The first-order chi connectivity index (χ1) is 4.66. The van der Waals surface area contributed by atoms with Crippen LogP contribution in [-0.2, 0) is 0 Å². The van der Waals surface area contributed by atoms with E-state index in [0.717, 1.165) is 12.5 Å². The average molecular weight is 141 g/mol. The van der Waals surface area contributed by atoms with Gasteiger partial charge in [-0.15, -0.1) is 0 Å². The Labute approximate surface area is 64.0 Å². The summed E-state index contributed by atoms with van der Waals surface area (Å²) in [5.74, 6) is 0.905. The highest BCUT2D eigenvalue weighted by Gasteiger charge is 2.28. The fourth-order valence-corrected chi connectivity index (χ4v) is 2.11. The van der Waals surface area contributed by atoms with Gasteiger partial charge < -0.3 is 5.73 Å². The van der Waals surface area contributed by atoms with Crippen LogP contribution in [0.15, 0.2) is 0 Å². The van der Waals surface area contributed by atoms with Gasteiger partial charge in [-0.3, -0.25) is 0 Å². The van der Waals surface area contributed by atoms with Gasteiger partial charge in [-0.2, -0.15) is 0 Å². The normalized spacial score (nSPS) is 41.7. The predicted octanol–water partition coefficient (Wildman–Crippen LogP) is 2.16. The second-order valence-electron chi connectivity index (χ2n) is 4.22. The van der Waals surface area contributed by atoms with Crippen molar-refractivity contribution in [3.8, 4) is 0 Å². The maximum atomic E-state index is 5.70. The monoisotopic (exact) mass is 141 g/mol. The molecule has 0 aromatic heterocycles. The summed E-state index contributed by atoms with van der Waals surface area (Å²) in [6.07, 6.45) is 5.47. The molecule has 0 aromatic rings. The summed E-state index contributed by atoms with van der Waals surface area (Å²) < 4.78 is 0. The fraction of sp³-hybridized carbons (Fsp3) is 1.00. The molecule has 1 aliphatic carbocycles. The van der Waals surface area contributed by atoms with Crippen molar-refractivity contribution in [3.05, 3.63) is 0 Å². The van der Waals surface area contributed by atoms with Crippen molar-refractivity contribution in [2.24, 2.45) is 17.1 Å². The Morgan fingerprint density at radius 2 is 2.30 bits per heavy atom. The third-order valence-corrected chi connectivity index (χ3v) is 2.81. The minimum absolute atomic E-state index is 0.470. The maximum absolute atomic E-state index is 5.70. The van der Waals surface area contributed by atoms with E-state index in [9.17, 15) is 0 Å². The highest BCUT2D eigenvalue weighted by atomic mass is 14.6. The largest absolute Gasteiger partial charge is 0.330 e. The molecule has 1 rings (SSSR count). The zero-order valence-electron chi connectivity index (χ0n) is 7.19. The SMILES string of the molecule is CC1CCC[C@@](C)(CN)C1. The predicted molar refractivity (Wildman–Crippen MR) is 44.8 cm³/mol. The van der Waals surface area contributed by atoms with Crippen molar-refractivity contribution in [2.45, 2.75) is 39.5 Å². The first-order valence-electron chi connectivity index (χ1n) is 4.36. The molecule has 0 bridgehead atoms. The smallest absolute Gasteiger partial charge is 0.00231 e. The molecule has 0 spiro atoms. The van der Waals surface area contributed by atoms with Crippen LogP contribution in [0.25, 0.3) is 0 Å². The Hall–Kier alpha value is -0.0400. The van der Waals surface area contributed by atoms with Crippen LogP contribution >= 0.6 is 0 Å². The molecule has 0 heterocycles. The van der Waals surface area contributed by atoms with E-state index in [1.165, 1.54) is 25.7 Å². The maximum Gasteiger partial charge on any atom is -0.00231 e. The Morgan fingerprint density at radius 1 is 1.60 bits per heavy atom. The molecule has 10 heavy (non-hydrogen) atoms. The molecule has 1 aliphatic rings. The zero-order valence-corrected chi connectivity index (χ0v) is 7.19. The molecule has 0 aliphatic heterocycles. The van der Waals surface area contributed by atoms with Crippen molar-refractivity contribution in [3.63, 3.8) is 0 Å². The van der Waals surface area contributed by atoms with Crippen LogP contribution in [0, 0.1) is 11.3 Å². The summed E-state index contributed by atoms with van der Waals surface area (Å²) in [6, 6.07) is 0. The molecular formula is C9H19N. The Morgan fingerprint density at radius 3 is 2.70 bits per heavy atom. The molecule has 1 fully saturated rings. The van der Waals surface area contributed by atoms with Gasteiger partial charge in [0.2, 0.25) is 0 Å². The van der Waals surface area contributed by atoms with E-state index >= 15 is 0 Å². The van der Waals surface area contributed by atoms with E-state index in [-0.39, 0.29) is 0 Å². The van der Waals surface area contributed by atoms with Gasteiger partial charge in [-0.1, -0.05) is 26.7 Å². The van der Waals surface area contributed by atoms with E-state index in [1.807, 2.05) is 0 Å². The van der Waals surface area contributed by atoms with Crippen LogP contribution in [0.5, 0.6) is 0 Å². The van der Waals surface area contributed by atoms with Crippen LogP contribution in [0.3, 0.4) is 0 Å². The minimum atomic E-state index is 0.470. The number of nitrogens with two attached hydrogens (primary N) is 1. The third-order valence-electron chi connectivity index (χ3n) is 2.81. The lowest BCUT2D eigenvalue weighted by atomic mass is 9.71. The van der Waals surface area contributed by atoms with Gasteiger partial charge in [0, 0.05) is 0 Å². The Bertz CT molecular complexity index is 111. The molecule has 0 saturated heterocycles. The molecule has 1 nitrogen and oxygen atoms in total. The number of hydrogen-bond donors (Lipinski definition) is 1. The molecule has 0 amide bonds. The highest BCUT2D eigenvalue weighted by molar-refractivity contribution is 4.81. The lowest BCUT2D eigenvalue weighted by molar-refractivity contribution is 0.177. The van der Waals surface area contributed by atoms with E-state index in [1.54, 1.807) is 0 Å². The lowest BCUT2D eigenvalue weighted by Gasteiger charge is -2.35. The number of rotatable bonds is 1. The van der Waals surface area contributed by atoms with Crippen molar-refractivity contribution in [1.29, 1.82) is 0 Å². The van der Waals surface area contributed by atoms with E-state index in [4.69, 9.17) is 5.73 Å². The van der Waals surface area contributed by atoms with Crippen molar-refractivity contribution in [1.82, 2.24) is 0 Å². The second kappa shape index (κ2) is 2.91. The highest BCUT2D eigenvalue weighted by Crippen LogP contribution is 2.37. The third kappa shape index (κ3) is 1.72. The minimum Gasteiger partial charge on any atom is -0.330 e. The second-order valence-corrected chi connectivity index (χ2v) is 4.22. The quantitative estimate of drug-likeness (QED) is 0.595. The zero-order chi connectivity index (χ0) is 7.61. The van der Waals surface area contributed by atoms with Crippen molar-refractivity contribution >= 4 is 0 Å². The Kier molecular flexibility index (Phi) is 2.35. The van der Waals surface area contributed by atoms with Crippen molar-refractivity contribution < 1.29 is 0 Å². The van der Waals surface area contributed by atoms with Crippen LogP contribution in [0.2, 0.25) is 0 Å². The summed E-state index contributed by atoms with van der Waals surface area (Å²) in [5.41, 5.74) is 6.17. The molecule has 60 valence electrons.